The highest BCUT2D eigenvalue weighted by Crippen LogP contribution is 1.88. The number of hydrogen-bond donors (Lipinski definition) is 1. The fourth-order valence-corrected chi connectivity index (χ4v) is 0.426. The molecular formula is C10H20N2. The van der Waals surface area contributed by atoms with Crippen LogP contribution in [0.2, 0.25) is 0 Å². The average Bonchev–Trinajstić information content (AvgIpc) is 2.11. The molecule has 0 amide bonds. The van der Waals surface area contributed by atoms with Crippen LogP contribution in [0.25, 0.3) is 0 Å². The molecule has 0 spiro atoms. The van der Waals surface area contributed by atoms with Crippen LogP contribution >= 0.6 is 0 Å². The molecule has 70 valence electrons. The molecule has 0 aliphatic heterocycles. The van der Waals surface area contributed by atoms with Crippen LogP contribution in [0, 0.1) is 6.92 Å². The zero-order valence-electron chi connectivity index (χ0n) is 8.54. The minimum Gasteiger partial charge on any atom is -0.331 e. The van der Waals surface area contributed by atoms with E-state index in [0.29, 0.717) is 0 Å². The summed E-state index contributed by atoms with van der Waals surface area (Å²) in [6.07, 6.45) is 3.57. The molecule has 0 unspecified atom stereocenters. The lowest BCUT2D eigenvalue weighted by Gasteiger charge is -1.82. The van der Waals surface area contributed by atoms with E-state index in [1.807, 2.05) is 39.8 Å². The normalized spacial score (nSPS) is 7.08. The second-order valence-electron chi connectivity index (χ2n) is 1.93. The fourth-order valence-electron chi connectivity index (χ4n) is 0.426. The van der Waals surface area contributed by atoms with Crippen LogP contribution in [-0.4, -0.2) is 11.5 Å². The molecule has 0 saturated carbocycles. The smallest absolute Gasteiger partial charge is 0.0270 e. The number of hydrogen-bond acceptors (Lipinski definition) is 2. The summed E-state index contributed by atoms with van der Waals surface area (Å²) in [6, 6.07) is 3.94. The summed E-state index contributed by atoms with van der Waals surface area (Å²) < 4.78 is 0. The van der Waals surface area contributed by atoms with Crippen LogP contribution in [0.4, 0.5) is 0 Å². The van der Waals surface area contributed by atoms with Crippen molar-refractivity contribution in [2.24, 2.45) is 5.73 Å². The predicted octanol–water partition coefficient (Wildman–Crippen LogP) is 2.38. The van der Waals surface area contributed by atoms with Gasteiger partial charge in [-0.05, 0) is 31.2 Å². The van der Waals surface area contributed by atoms with Gasteiger partial charge in [-0.3, -0.25) is 4.98 Å². The monoisotopic (exact) mass is 168 g/mol. The van der Waals surface area contributed by atoms with E-state index in [4.69, 9.17) is 5.73 Å². The summed E-state index contributed by atoms with van der Waals surface area (Å²) >= 11 is 0. The molecule has 0 aliphatic carbocycles. The zero-order chi connectivity index (χ0) is 9.82. The molecule has 1 rings (SSSR count). The maximum Gasteiger partial charge on any atom is 0.0270 e. The number of pyridine rings is 1. The first-order valence-electron chi connectivity index (χ1n) is 4.38. The Morgan fingerprint density at radius 1 is 1.25 bits per heavy atom. The Morgan fingerprint density at radius 2 is 1.58 bits per heavy atom. The van der Waals surface area contributed by atoms with Gasteiger partial charge in [0.1, 0.15) is 0 Å². The Hall–Kier alpha value is -0.890. The molecule has 0 fully saturated rings. The minimum absolute atomic E-state index is 0.750. The van der Waals surface area contributed by atoms with Crippen LogP contribution in [-0.2, 0) is 0 Å². The third-order valence-electron chi connectivity index (χ3n) is 0.847. The molecule has 1 aromatic rings. The summed E-state index contributed by atoms with van der Waals surface area (Å²) in [5.41, 5.74) is 6.11. The van der Waals surface area contributed by atoms with Crippen LogP contribution in [0.5, 0.6) is 0 Å². The molecule has 0 saturated heterocycles. The first-order valence-corrected chi connectivity index (χ1v) is 4.38. The van der Waals surface area contributed by atoms with Crippen molar-refractivity contribution in [3.63, 3.8) is 0 Å². The van der Waals surface area contributed by atoms with E-state index in [-0.39, 0.29) is 0 Å². The number of nitrogens with zero attached hydrogens (tertiary/aromatic N) is 1. The van der Waals surface area contributed by atoms with Crippen LogP contribution in [0.1, 0.15) is 26.3 Å². The van der Waals surface area contributed by atoms with E-state index in [2.05, 4.69) is 4.98 Å². The van der Waals surface area contributed by atoms with E-state index < -0.39 is 0 Å². The number of rotatable bonds is 0. The van der Waals surface area contributed by atoms with Gasteiger partial charge in [0, 0.05) is 12.4 Å². The Kier molecular flexibility index (Phi) is 14.5. The first kappa shape index (κ1) is 13.7. The fraction of sp³-hybridized carbons (Fsp3) is 0.500. The van der Waals surface area contributed by atoms with Gasteiger partial charge in [0.15, 0.2) is 0 Å². The average molecular weight is 168 g/mol. The summed E-state index contributed by atoms with van der Waals surface area (Å²) in [6.45, 7) is 8.70. The van der Waals surface area contributed by atoms with Crippen LogP contribution < -0.4 is 5.73 Å². The molecule has 2 N–H and O–H groups in total. The topological polar surface area (TPSA) is 38.9 Å². The SMILES string of the molecule is CC.CCN.Cc1ccncc1. The highest BCUT2D eigenvalue weighted by Gasteiger charge is 1.72. The van der Waals surface area contributed by atoms with E-state index >= 15 is 0 Å². The van der Waals surface area contributed by atoms with E-state index in [0.717, 1.165) is 6.54 Å². The van der Waals surface area contributed by atoms with Crippen molar-refractivity contribution in [3.8, 4) is 0 Å². The van der Waals surface area contributed by atoms with Crippen molar-refractivity contribution in [3.05, 3.63) is 30.1 Å². The number of nitrogens with two attached hydrogens (primary N) is 1. The zero-order valence-corrected chi connectivity index (χ0v) is 8.54. The summed E-state index contributed by atoms with van der Waals surface area (Å²) in [5, 5.41) is 0. The molecule has 0 aliphatic rings. The van der Waals surface area contributed by atoms with Gasteiger partial charge in [-0.25, -0.2) is 0 Å². The highest BCUT2D eigenvalue weighted by atomic mass is 14.6. The van der Waals surface area contributed by atoms with E-state index in [1.54, 1.807) is 12.4 Å². The third-order valence-corrected chi connectivity index (χ3v) is 0.847. The van der Waals surface area contributed by atoms with E-state index in [1.165, 1.54) is 5.56 Å². The highest BCUT2D eigenvalue weighted by molar-refractivity contribution is 5.05. The van der Waals surface area contributed by atoms with Crippen LogP contribution in [0.15, 0.2) is 24.5 Å². The second kappa shape index (κ2) is 12.8. The van der Waals surface area contributed by atoms with Crippen LogP contribution in [0.3, 0.4) is 0 Å². The molecule has 1 aromatic heterocycles. The summed E-state index contributed by atoms with van der Waals surface area (Å²) in [7, 11) is 0. The summed E-state index contributed by atoms with van der Waals surface area (Å²) in [5.74, 6) is 0. The molecule has 1 heterocycles. The number of aryl methyl sites for hydroxylation is 1. The molecule has 2 nitrogen and oxygen atoms in total. The van der Waals surface area contributed by atoms with Gasteiger partial charge in [-0.2, -0.15) is 0 Å². The lowest BCUT2D eigenvalue weighted by atomic mass is 10.3. The molecule has 0 atom stereocenters. The predicted molar refractivity (Wildman–Crippen MR) is 55.1 cm³/mol. The Labute approximate surface area is 75.8 Å². The van der Waals surface area contributed by atoms with Gasteiger partial charge in [0.05, 0.1) is 0 Å². The molecule has 0 aromatic carbocycles. The largest absolute Gasteiger partial charge is 0.331 e. The lowest BCUT2D eigenvalue weighted by molar-refractivity contribution is 1.14. The standard InChI is InChI=1S/C6H7N.C2H7N.C2H6/c1-6-2-4-7-5-3-6;1-2-3;1-2/h2-5H,1H3;2-3H2,1H3;1-2H3. The Balaban J connectivity index is 0. The molecular weight excluding hydrogens is 148 g/mol. The summed E-state index contributed by atoms with van der Waals surface area (Å²) in [4.78, 5) is 3.85. The molecule has 12 heavy (non-hydrogen) atoms. The van der Waals surface area contributed by atoms with Gasteiger partial charge < -0.3 is 5.73 Å². The van der Waals surface area contributed by atoms with Crippen molar-refractivity contribution < 1.29 is 0 Å². The second-order valence-corrected chi connectivity index (χ2v) is 1.93. The quantitative estimate of drug-likeness (QED) is 0.646. The van der Waals surface area contributed by atoms with Gasteiger partial charge in [0.25, 0.3) is 0 Å². The maximum absolute atomic E-state index is 4.85. The molecule has 2 heteroatoms. The number of aromatic nitrogens is 1. The van der Waals surface area contributed by atoms with Crippen molar-refractivity contribution in [1.29, 1.82) is 0 Å². The third kappa shape index (κ3) is 11.9. The maximum atomic E-state index is 4.85. The van der Waals surface area contributed by atoms with Gasteiger partial charge in [0.2, 0.25) is 0 Å². The van der Waals surface area contributed by atoms with Gasteiger partial charge >= 0.3 is 0 Å². The Morgan fingerprint density at radius 3 is 1.75 bits per heavy atom. The lowest BCUT2D eigenvalue weighted by Crippen LogP contribution is -1.87. The molecule has 0 bridgehead atoms. The van der Waals surface area contributed by atoms with Crippen molar-refractivity contribution in [2.45, 2.75) is 27.7 Å². The van der Waals surface area contributed by atoms with E-state index in [9.17, 15) is 0 Å². The van der Waals surface area contributed by atoms with Gasteiger partial charge in [-0.1, -0.05) is 20.8 Å². The van der Waals surface area contributed by atoms with Crippen molar-refractivity contribution >= 4 is 0 Å². The molecule has 0 radical (unpaired) electrons. The first-order chi connectivity index (χ1) is 5.81. The van der Waals surface area contributed by atoms with Crippen molar-refractivity contribution in [2.75, 3.05) is 6.54 Å². The van der Waals surface area contributed by atoms with Crippen molar-refractivity contribution in [1.82, 2.24) is 4.98 Å². The Bertz CT molecular complexity index is 149. The van der Waals surface area contributed by atoms with Gasteiger partial charge in [-0.15, -0.1) is 0 Å². The minimum atomic E-state index is 0.750.